The SMILES string of the molecule is [CH2]C(C)(CCCC)CCCCCC. The van der Waals surface area contributed by atoms with E-state index in [0.29, 0.717) is 5.41 Å². The normalized spacial score (nSPS) is 12.0. The first-order valence-corrected chi connectivity index (χ1v) is 5.97. The van der Waals surface area contributed by atoms with Crippen molar-refractivity contribution in [3.8, 4) is 0 Å². The molecular weight excluding hydrogens is 156 g/mol. The summed E-state index contributed by atoms with van der Waals surface area (Å²) in [6, 6.07) is 0. The zero-order chi connectivity index (χ0) is 10.2. The Bertz CT molecular complexity index is 103. The van der Waals surface area contributed by atoms with E-state index in [9.17, 15) is 0 Å². The Morgan fingerprint density at radius 2 is 1.38 bits per heavy atom. The Morgan fingerprint density at radius 1 is 0.846 bits per heavy atom. The second-order valence-corrected chi connectivity index (χ2v) is 4.72. The molecule has 0 heteroatoms. The smallest absolute Gasteiger partial charge is 0.0326 e. The highest BCUT2D eigenvalue weighted by Gasteiger charge is 2.15. The molecule has 1 unspecified atom stereocenters. The fraction of sp³-hybridized carbons (Fsp3) is 0.923. The van der Waals surface area contributed by atoms with Crippen LogP contribution in [0.2, 0.25) is 0 Å². The summed E-state index contributed by atoms with van der Waals surface area (Å²) in [6.45, 7) is 11.1. The standard InChI is InChI=1S/C13H27/c1-5-7-9-10-12-13(3,4)11-8-6-2/h3,5-12H2,1-2,4H3. The third kappa shape index (κ3) is 8.33. The Morgan fingerprint density at radius 3 is 1.92 bits per heavy atom. The van der Waals surface area contributed by atoms with Crippen LogP contribution in [0.15, 0.2) is 0 Å². The van der Waals surface area contributed by atoms with Gasteiger partial charge < -0.3 is 0 Å². The molecule has 79 valence electrons. The van der Waals surface area contributed by atoms with Crippen LogP contribution in [-0.2, 0) is 0 Å². The van der Waals surface area contributed by atoms with Crippen LogP contribution in [0.3, 0.4) is 0 Å². The van der Waals surface area contributed by atoms with E-state index in [1.54, 1.807) is 0 Å². The second kappa shape index (κ2) is 7.41. The molecule has 0 aromatic rings. The van der Waals surface area contributed by atoms with Crippen molar-refractivity contribution in [2.24, 2.45) is 5.41 Å². The van der Waals surface area contributed by atoms with Gasteiger partial charge in [0.05, 0.1) is 0 Å². The van der Waals surface area contributed by atoms with Gasteiger partial charge in [0.15, 0.2) is 0 Å². The molecule has 0 spiro atoms. The molecule has 0 amide bonds. The summed E-state index contributed by atoms with van der Waals surface area (Å²) in [4.78, 5) is 0. The molecule has 13 heavy (non-hydrogen) atoms. The third-order valence-corrected chi connectivity index (χ3v) is 2.77. The Balaban J connectivity index is 3.39. The Hall–Kier alpha value is 0. The largest absolute Gasteiger partial charge is 0.0654 e. The van der Waals surface area contributed by atoms with Crippen LogP contribution in [0.25, 0.3) is 0 Å². The van der Waals surface area contributed by atoms with Gasteiger partial charge in [-0.15, -0.1) is 0 Å². The fourth-order valence-electron chi connectivity index (χ4n) is 1.71. The van der Waals surface area contributed by atoms with Crippen molar-refractivity contribution in [1.82, 2.24) is 0 Å². The molecule has 0 aromatic carbocycles. The van der Waals surface area contributed by atoms with Crippen LogP contribution in [-0.4, -0.2) is 0 Å². The molecule has 1 atom stereocenters. The lowest BCUT2D eigenvalue weighted by Gasteiger charge is -2.24. The Kier molecular flexibility index (Phi) is 7.41. The maximum atomic E-state index is 4.31. The summed E-state index contributed by atoms with van der Waals surface area (Å²) >= 11 is 0. The quantitative estimate of drug-likeness (QED) is 0.465. The zero-order valence-electron chi connectivity index (χ0n) is 9.86. The third-order valence-electron chi connectivity index (χ3n) is 2.77. The molecule has 0 rings (SSSR count). The highest BCUT2D eigenvalue weighted by molar-refractivity contribution is 4.76. The van der Waals surface area contributed by atoms with E-state index in [1.165, 1.54) is 51.4 Å². The lowest BCUT2D eigenvalue weighted by Crippen LogP contribution is -2.11. The molecule has 0 aliphatic heterocycles. The van der Waals surface area contributed by atoms with Crippen molar-refractivity contribution in [2.45, 2.75) is 72.1 Å². The molecule has 0 fully saturated rings. The molecule has 0 saturated carbocycles. The van der Waals surface area contributed by atoms with Crippen LogP contribution >= 0.6 is 0 Å². The van der Waals surface area contributed by atoms with Crippen molar-refractivity contribution >= 4 is 0 Å². The average molecular weight is 183 g/mol. The van der Waals surface area contributed by atoms with E-state index in [4.69, 9.17) is 0 Å². The van der Waals surface area contributed by atoms with Gasteiger partial charge in [0.1, 0.15) is 0 Å². The molecule has 0 N–H and O–H groups in total. The molecule has 0 saturated heterocycles. The van der Waals surface area contributed by atoms with Crippen molar-refractivity contribution in [2.75, 3.05) is 0 Å². The number of unbranched alkanes of at least 4 members (excludes halogenated alkanes) is 4. The minimum absolute atomic E-state index is 0.351. The fourth-order valence-corrected chi connectivity index (χ4v) is 1.71. The van der Waals surface area contributed by atoms with Crippen LogP contribution in [0, 0.1) is 12.3 Å². The van der Waals surface area contributed by atoms with E-state index in [-0.39, 0.29) is 0 Å². The molecule has 0 aliphatic rings. The molecule has 0 heterocycles. The van der Waals surface area contributed by atoms with Gasteiger partial charge in [0.2, 0.25) is 0 Å². The van der Waals surface area contributed by atoms with Gasteiger partial charge in [-0.1, -0.05) is 59.3 Å². The van der Waals surface area contributed by atoms with Gasteiger partial charge >= 0.3 is 0 Å². The number of rotatable bonds is 8. The number of hydrogen-bond donors (Lipinski definition) is 0. The summed E-state index contributed by atoms with van der Waals surface area (Å²) in [7, 11) is 0. The minimum Gasteiger partial charge on any atom is -0.0654 e. The first-order valence-electron chi connectivity index (χ1n) is 5.97. The monoisotopic (exact) mass is 183 g/mol. The molecule has 0 aliphatic carbocycles. The lowest BCUT2D eigenvalue weighted by atomic mass is 9.82. The first-order chi connectivity index (χ1) is 6.12. The zero-order valence-corrected chi connectivity index (χ0v) is 9.86. The van der Waals surface area contributed by atoms with Crippen molar-refractivity contribution in [1.29, 1.82) is 0 Å². The summed E-state index contributed by atoms with van der Waals surface area (Å²) < 4.78 is 0. The van der Waals surface area contributed by atoms with Crippen LogP contribution in [0.1, 0.15) is 72.1 Å². The maximum absolute atomic E-state index is 4.31. The van der Waals surface area contributed by atoms with Gasteiger partial charge in [-0.3, -0.25) is 0 Å². The van der Waals surface area contributed by atoms with E-state index < -0.39 is 0 Å². The van der Waals surface area contributed by atoms with E-state index in [2.05, 4.69) is 27.7 Å². The predicted octanol–water partition coefficient (Wildman–Crippen LogP) is 4.99. The van der Waals surface area contributed by atoms with E-state index >= 15 is 0 Å². The highest BCUT2D eigenvalue weighted by atomic mass is 14.2. The van der Waals surface area contributed by atoms with Crippen LogP contribution < -0.4 is 0 Å². The lowest BCUT2D eigenvalue weighted by molar-refractivity contribution is 0.329. The summed E-state index contributed by atoms with van der Waals surface area (Å²) in [5.41, 5.74) is 0.351. The highest BCUT2D eigenvalue weighted by Crippen LogP contribution is 2.29. The van der Waals surface area contributed by atoms with Crippen molar-refractivity contribution in [3.63, 3.8) is 0 Å². The topological polar surface area (TPSA) is 0 Å². The molecule has 0 bridgehead atoms. The molecular formula is C13H27. The van der Waals surface area contributed by atoms with Gasteiger partial charge in [-0.2, -0.15) is 0 Å². The maximum Gasteiger partial charge on any atom is -0.0326 e. The molecule has 1 radical (unpaired) electrons. The Labute approximate surface area is 85.1 Å². The van der Waals surface area contributed by atoms with Gasteiger partial charge in [-0.25, -0.2) is 0 Å². The van der Waals surface area contributed by atoms with Gasteiger partial charge in [0, 0.05) is 0 Å². The minimum atomic E-state index is 0.351. The summed E-state index contributed by atoms with van der Waals surface area (Å²) in [5.74, 6) is 0. The van der Waals surface area contributed by atoms with Crippen LogP contribution in [0.4, 0.5) is 0 Å². The van der Waals surface area contributed by atoms with E-state index in [0.717, 1.165) is 0 Å². The average Bonchev–Trinajstić information content (AvgIpc) is 2.09. The van der Waals surface area contributed by atoms with Crippen molar-refractivity contribution < 1.29 is 0 Å². The second-order valence-electron chi connectivity index (χ2n) is 4.72. The predicted molar refractivity (Wildman–Crippen MR) is 61.7 cm³/mol. The summed E-state index contributed by atoms with van der Waals surface area (Å²) in [5, 5.41) is 0. The van der Waals surface area contributed by atoms with Crippen molar-refractivity contribution in [3.05, 3.63) is 6.92 Å². The van der Waals surface area contributed by atoms with E-state index in [1.807, 2.05) is 0 Å². The van der Waals surface area contributed by atoms with Crippen LogP contribution in [0.5, 0.6) is 0 Å². The van der Waals surface area contributed by atoms with Gasteiger partial charge in [0.25, 0.3) is 0 Å². The van der Waals surface area contributed by atoms with Gasteiger partial charge in [-0.05, 0) is 25.2 Å². The first kappa shape index (κ1) is 13.0. The molecule has 0 nitrogen and oxygen atoms in total. The molecule has 0 aromatic heterocycles. The summed E-state index contributed by atoms with van der Waals surface area (Å²) in [6.07, 6.45) is 10.8. The number of hydrogen-bond acceptors (Lipinski definition) is 0.